The van der Waals surface area contributed by atoms with Gasteiger partial charge >= 0.3 is 5.97 Å². The Labute approximate surface area is 297 Å². The van der Waals surface area contributed by atoms with Gasteiger partial charge in [0.25, 0.3) is 0 Å². The molecule has 4 aromatic rings. The van der Waals surface area contributed by atoms with E-state index < -0.39 is 68.3 Å². The van der Waals surface area contributed by atoms with Crippen molar-refractivity contribution in [1.29, 1.82) is 0 Å². The third-order valence-electron chi connectivity index (χ3n) is 8.83. The first-order valence-electron chi connectivity index (χ1n) is 16.1. The summed E-state index contributed by atoms with van der Waals surface area (Å²) in [6.45, 7) is 5.53. The van der Waals surface area contributed by atoms with Crippen molar-refractivity contribution < 1.29 is 45.4 Å². The van der Waals surface area contributed by atoms with Crippen molar-refractivity contribution in [3.63, 3.8) is 0 Å². The minimum absolute atomic E-state index is 0.0171. The van der Waals surface area contributed by atoms with Gasteiger partial charge in [-0.2, -0.15) is 4.31 Å². The molecule has 0 saturated heterocycles. The molecule has 0 heterocycles. The summed E-state index contributed by atoms with van der Waals surface area (Å²) in [4.78, 5) is 9.39. The number of rotatable bonds is 13. The fourth-order valence-corrected chi connectivity index (χ4v) is 7.74. The van der Waals surface area contributed by atoms with Crippen molar-refractivity contribution in [2.75, 3.05) is 11.9 Å². The third-order valence-corrected chi connectivity index (χ3v) is 11.0. The predicted molar refractivity (Wildman–Crippen MR) is 183 cm³/mol. The van der Waals surface area contributed by atoms with Gasteiger partial charge in [-0.05, 0) is 83.5 Å². The molecule has 1 unspecified atom stereocenters. The van der Waals surface area contributed by atoms with Crippen LogP contribution in [0.1, 0.15) is 78.6 Å². The van der Waals surface area contributed by atoms with E-state index in [1.807, 2.05) is 32.9 Å². The number of anilines is 1. The normalized spacial score (nSPS) is 14.2. The average molecular weight is 751 g/mol. The van der Waals surface area contributed by atoms with E-state index in [0.29, 0.717) is 22.1 Å². The monoisotopic (exact) mass is 750 g/mol. The van der Waals surface area contributed by atoms with Crippen LogP contribution in [0.2, 0.25) is 5.02 Å². The summed E-state index contributed by atoms with van der Waals surface area (Å²) in [5.74, 6) is -13.8. The standard InChI is InChI=1S/C37H36ClF5N2O5S/c1-37(2,3)24-15-21(14-23(17-24)22-6-7-22)16-27(12-13-44-26-10-11-28(36(47)48)29(46)18-26)45(19-20-4-8-25(38)9-5-20)51(49,50)35-33(42)31(40)30(39)32(41)34(35)43/h4-5,8-11,14-15,17-18,22,27,44,46H,6-7,12-13,16,19H2,1-3H3,(H,47,48). The molecule has 272 valence electrons. The fourth-order valence-electron chi connectivity index (χ4n) is 5.86. The quantitative estimate of drug-likeness (QED) is 0.0716. The van der Waals surface area contributed by atoms with Crippen LogP contribution in [0.3, 0.4) is 0 Å². The Morgan fingerprint density at radius 2 is 1.51 bits per heavy atom. The molecule has 5 rings (SSSR count). The molecule has 0 aromatic heterocycles. The molecule has 0 aliphatic heterocycles. The Hall–Kier alpha value is -4.20. The lowest BCUT2D eigenvalue weighted by Crippen LogP contribution is -2.43. The van der Waals surface area contributed by atoms with Crippen molar-refractivity contribution in [2.24, 2.45) is 0 Å². The van der Waals surface area contributed by atoms with E-state index in [-0.39, 0.29) is 36.1 Å². The highest BCUT2D eigenvalue weighted by atomic mass is 35.5. The summed E-state index contributed by atoms with van der Waals surface area (Å²) in [6.07, 6.45) is 1.87. The van der Waals surface area contributed by atoms with E-state index >= 15 is 8.78 Å². The van der Waals surface area contributed by atoms with Gasteiger partial charge in [0, 0.05) is 35.9 Å². The summed E-state index contributed by atoms with van der Waals surface area (Å²) in [5.41, 5.74) is 2.69. The molecule has 1 fully saturated rings. The first kappa shape index (κ1) is 38.0. The molecule has 1 aliphatic carbocycles. The minimum atomic E-state index is -5.45. The van der Waals surface area contributed by atoms with E-state index in [0.717, 1.165) is 28.3 Å². The molecule has 0 radical (unpaired) electrons. The summed E-state index contributed by atoms with van der Waals surface area (Å²) >= 11 is 6.05. The Morgan fingerprint density at radius 3 is 2.06 bits per heavy atom. The van der Waals surface area contributed by atoms with Crippen LogP contribution in [0, 0.1) is 29.1 Å². The number of aromatic carboxylic acids is 1. The number of hydrogen-bond acceptors (Lipinski definition) is 5. The maximum absolute atomic E-state index is 15.3. The SMILES string of the molecule is CC(C)(C)c1cc(CC(CCNc2ccc(C(=O)O)c(O)c2)N(Cc2ccc(Cl)cc2)S(=O)(=O)c2c(F)c(F)c(F)c(F)c2F)cc(C2CC2)c1. The molecule has 0 amide bonds. The second kappa shape index (κ2) is 14.8. The van der Waals surface area contributed by atoms with Gasteiger partial charge in [-0.3, -0.25) is 0 Å². The number of carbonyl (C=O) groups is 1. The average Bonchev–Trinajstić information content (AvgIpc) is 3.91. The van der Waals surface area contributed by atoms with Crippen LogP contribution < -0.4 is 5.32 Å². The van der Waals surface area contributed by atoms with Gasteiger partial charge in [0.1, 0.15) is 11.3 Å². The van der Waals surface area contributed by atoms with Crippen molar-refractivity contribution in [3.8, 4) is 5.75 Å². The molecule has 14 heteroatoms. The number of nitrogens with zero attached hydrogens (tertiary/aromatic N) is 1. The molecule has 7 nitrogen and oxygen atoms in total. The van der Waals surface area contributed by atoms with Gasteiger partial charge in [0.15, 0.2) is 28.2 Å². The Bertz CT molecular complexity index is 2040. The van der Waals surface area contributed by atoms with Gasteiger partial charge < -0.3 is 15.5 Å². The van der Waals surface area contributed by atoms with Crippen LogP contribution >= 0.6 is 11.6 Å². The lowest BCUT2D eigenvalue weighted by atomic mass is 9.83. The van der Waals surface area contributed by atoms with Crippen molar-refractivity contribution in [2.45, 2.75) is 75.3 Å². The number of halogens is 6. The van der Waals surface area contributed by atoms with E-state index in [9.17, 15) is 36.6 Å². The molecule has 1 saturated carbocycles. The van der Waals surface area contributed by atoms with E-state index in [4.69, 9.17) is 11.6 Å². The van der Waals surface area contributed by atoms with Gasteiger partial charge in [0.05, 0.1) is 0 Å². The molecule has 1 atom stereocenters. The highest BCUT2D eigenvalue weighted by Gasteiger charge is 2.40. The van der Waals surface area contributed by atoms with Crippen molar-refractivity contribution in [3.05, 3.63) is 123 Å². The zero-order chi connectivity index (χ0) is 37.4. The number of aromatic hydroxyl groups is 1. The smallest absolute Gasteiger partial charge is 0.339 e. The summed E-state index contributed by atoms with van der Waals surface area (Å²) in [7, 11) is -5.45. The predicted octanol–water partition coefficient (Wildman–Crippen LogP) is 8.92. The first-order chi connectivity index (χ1) is 23.9. The van der Waals surface area contributed by atoms with Gasteiger partial charge in [0.2, 0.25) is 15.8 Å². The largest absolute Gasteiger partial charge is 0.507 e. The van der Waals surface area contributed by atoms with E-state index in [2.05, 4.69) is 11.4 Å². The molecule has 4 aromatic carbocycles. The first-order valence-corrected chi connectivity index (χ1v) is 17.9. The molecule has 0 spiro atoms. The summed E-state index contributed by atoms with van der Waals surface area (Å²) in [6, 6.07) is 14.5. The molecular formula is C37H36ClF5N2O5S. The van der Waals surface area contributed by atoms with Crippen LogP contribution in [-0.2, 0) is 28.4 Å². The van der Waals surface area contributed by atoms with Gasteiger partial charge in [-0.25, -0.2) is 35.2 Å². The zero-order valence-corrected chi connectivity index (χ0v) is 29.5. The van der Waals surface area contributed by atoms with Crippen LogP contribution in [0.25, 0.3) is 0 Å². The van der Waals surface area contributed by atoms with Crippen LogP contribution in [0.15, 0.2) is 65.6 Å². The summed E-state index contributed by atoms with van der Waals surface area (Å²) in [5, 5.41) is 22.8. The second-order valence-corrected chi connectivity index (χ2v) is 15.9. The van der Waals surface area contributed by atoms with Crippen LogP contribution in [-0.4, -0.2) is 41.5 Å². The number of phenols is 1. The summed E-state index contributed by atoms with van der Waals surface area (Å²) < 4.78 is 103. The molecule has 1 aliphatic rings. The molecule has 3 N–H and O–H groups in total. The topological polar surface area (TPSA) is 107 Å². The van der Waals surface area contributed by atoms with E-state index in [1.54, 1.807) is 0 Å². The highest BCUT2D eigenvalue weighted by molar-refractivity contribution is 7.89. The van der Waals surface area contributed by atoms with Crippen LogP contribution in [0.5, 0.6) is 5.75 Å². The number of sulfonamides is 1. The maximum Gasteiger partial charge on any atom is 0.339 e. The van der Waals surface area contributed by atoms with E-state index in [1.165, 1.54) is 42.5 Å². The van der Waals surface area contributed by atoms with Crippen molar-refractivity contribution >= 4 is 33.3 Å². The van der Waals surface area contributed by atoms with Crippen LogP contribution in [0.4, 0.5) is 27.6 Å². The fraction of sp³-hybridized carbons (Fsp3) is 0.324. The minimum Gasteiger partial charge on any atom is -0.507 e. The Kier molecular flexibility index (Phi) is 11.0. The molecular weight excluding hydrogens is 715 g/mol. The van der Waals surface area contributed by atoms with Gasteiger partial charge in [-0.1, -0.05) is 62.7 Å². The molecule has 0 bridgehead atoms. The molecule has 51 heavy (non-hydrogen) atoms. The van der Waals surface area contributed by atoms with Gasteiger partial charge in [-0.15, -0.1) is 0 Å². The Morgan fingerprint density at radius 1 is 0.902 bits per heavy atom. The lowest BCUT2D eigenvalue weighted by molar-refractivity contribution is 0.0693. The number of nitrogens with one attached hydrogen (secondary N) is 1. The number of carboxylic acids is 1. The zero-order valence-electron chi connectivity index (χ0n) is 27.9. The highest BCUT2D eigenvalue weighted by Crippen LogP contribution is 2.42. The Balaban J connectivity index is 1.63. The lowest BCUT2D eigenvalue weighted by Gasteiger charge is -2.32. The van der Waals surface area contributed by atoms with Crippen molar-refractivity contribution in [1.82, 2.24) is 4.31 Å². The maximum atomic E-state index is 15.3. The number of benzene rings is 4. The number of carboxylic acid groups (broad SMARTS) is 1. The second-order valence-electron chi connectivity index (χ2n) is 13.7. The third kappa shape index (κ3) is 8.48. The number of hydrogen-bond donors (Lipinski definition) is 3.